The lowest BCUT2D eigenvalue weighted by atomic mass is 10.00. The lowest BCUT2D eigenvalue weighted by molar-refractivity contribution is -0.141. The molecule has 4 nitrogen and oxygen atoms in total. The number of amides is 2. The van der Waals surface area contributed by atoms with Crippen LogP contribution in [0.5, 0.6) is 0 Å². The summed E-state index contributed by atoms with van der Waals surface area (Å²) in [5.41, 5.74) is 2.01. The number of carbonyl (C=O) groups excluding carboxylic acids is 2. The van der Waals surface area contributed by atoms with E-state index < -0.39 is 11.6 Å². The minimum Gasteiger partial charge on any atom is -0.350 e. The molecule has 35 heavy (non-hydrogen) atoms. The highest BCUT2D eigenvalue weighted by Crippen LogP contribution is 2.25. The summed E-state index contributed by atoms with van der Waals surface area (Å²) in [5, 5.41) is 4.59. The van der Waals surface area contributed by atoms with Gasteiger partial charge in [-0.2, -0.15) is 0 Å². The molecule has 7 heteroatoms. The molecular formula is C28H29Cl3N2O2. The highest BCUT2D eigenvalue weighted by Gasteiger charge is 2.32. The Bertz CT molecular complexity index is 1160. The van der Waals surface area contributed by atoms with Gasteiger partial charge >= 0.3 is 0 Å². The predicted octanol–water partition coefficient (Wildman–Crippen LogP) is 6.74. The molecule has 0 aliphatic rings. The van der Waals surface area contributed by atoms with E-state index >= 15 is 0 Å². The average molecular weight is 532 g/mol. The molecule has 0 heterocycles. The molecule has 1 atom stereocenters. The number of halogens is 3. The number of benzene rings is 3. The van der Waals surface area contributed by atoms with Gasteiger partial charge in [-0.1, -0.05) is 83.3 Å². The standard InChI is InChI=1S/C28H29Cl3N2O2/c1-28(2,3)32-27(35)25(15-19-7-5-4-6-8-19)33(18-21-11-14-23(30)17-24(21)31)26(34)16-20-9-12-22(29)13-10-20/h4-14,17,25H,15-16,18H2,1-3H3,(H,32,35)/t25-/m1/s1. The first-order valence-corrected chi connectivity index (χ1v) is 12.5. The normalized spacial score (nSPS) is 12.2. The van der Waals surface area contributed by atoms with E-state index in [1.165, 1.54) is 0 Å². The molecule has 0 spiro atoms. The van der Waals surface area contributed by atoms with Crippen molar-refractivity contribution in [1.82, 2.24) is 10.2 Å². The minimum absolute atomic E-state index is 0.121. The summed E-state index contributed by atoms with van der Waals surface area (Å²) >= 11 is 18.6. The van der Waals surface area contributed by atoms with Crippen molar-refractivity contribution in [2.45, 2.75) is 51.7 Å². The Kier molecular flexibility index (Phi) is 9.23. The monoisotopic (exact) mass is 530 g/mol. The predicted molar refractivity (Wildman–Crippen MR) is 144 cm³/mol. The van der Waals surface area contributed by atoms with Gasteiger partial charge < -0.3 is 10.2 Å². The second-order valence-corrected chi connectivity index (χ2v) is 10.8. The quantitative estimate of drug-likeness (QED) is 0.350. The fourth-order valence-electron chi connectivity index (χ4n) is 3.72. The molecule has 2 amide bonds. The van der Waals surface area contributed by atoms with Crippen molar-refractivity contribution in [3.8, 4) is 0 Å². The van der Waals surface area contributed by atoms with Crippen LogP contribution >= 0.6 is 34.8 Å². The van der Waals surface area contributed by atoms with Crippen molar-refractivity contribution in [1.29, 1.82) is 0 Å². The summed E-state index contributed by atoms with van der Waals surface area (Å²) in [5.74, 6) is -0.417. The van der Waals surface area contributed by atoms with Gasteiger partial charge in [0.15, 0.2) is 0 Å². The lowest BCUT2D eigenvalue weighted by Crippen LogP contribution is -2.54. The minimum atomic E-state index is -0.747. The molecule has 184 valence electrons. The van der Waals surface area contributed by atoms with Gasteiger partial charge in [0.2, 0.25) is 11.8 Å². The summed E-state index contributed by atoms with van der Waals surface area (Å²) in [6.45, 7) is 5.92. The fourth-order valence-corrected chi connectivity index (χ4v) is 4.31. The fraction of sp³-hybridized carbons (Fsp3) is 0.286. The highest BCUT2D eigenvalue weighted by molar-refractivity contribution is 6.35. The van der Waals surface area contributed by atoms with E-state index in [4.69, 9.17) is 34.8 Å². The van der Waals surface area contributed by atoms with Crippen LogP contribution in [0.4, 0.5) is 0 Å². The SMILES string of the molecule is CC(C)(C)NC(=O)[C@@H](Cc1ccccc1)N(Cc1ccc(Cl)cc1Cl)C(=O)Cc1ccc(Cl)cc1. The van der Waals surface area contributed by atoms with Crippen LogP contribution in [0.25, 0.3) is 0 Å². The first-order chi connectivity index (χ1) is 16.5. The molecule has 0 aromatic heterocycles. The maximum atomic E-state index is 13.7. The summed E-state index contributed by atoms with van der Waals surface area (Å²) in [6.07, 6.45) is 0.483. The van der Waals surface area contributed by atoms with Crippen LogP contribution in [0.15, 0.2) is 72.8 Å². The largest absolute Gasteiger partial charge is 0.350 e. The summed E-state index contributed by atoms with van der Waals surface area (Å²) in [7, 11) is 0. The smallest absolute Gasteiger partial charge is 0.243 e. The van der Waals surface area contributed by atoms with Crippen molar-refractivity contribution >= 4 is 46.6 Å². The van der Waals surface area contributed by atoms with Crippen molar-refractivity contribution < 1.29 is 9.59 Å². The Balaban J connectivity index is 2.01. The van der Waals surface area contributed by atoms with Crippen molar-refractivity contribution in [3.05, 3.63) is 105 Å². The van der Waals surface area contributed by atoms with Gasteiger partial charge in [0.05, 0.1) is 6.42 Å². The zero-order valence-electron chi connectivity index (χ0n) is 20.0. The number of nitrogens with zero attached hydrogens (tertiary/aromatic N) is 1. The Morgan fingerprint density at radius 1 is 0.857 bits per heavy atom. The van der Waals surface area contributed by atoms with Gasteiger partial charge in [0.1, 0.15) is 6.04 Å². The maximum absolute atomic E-state index is 13.7. The molecule has 0 aliphatic heterocycles. The van der Waals surface area contributed by atoms with Crippen molar-refractivity contribution in [2.24, 2.45) is 0 Å². The molecule has 0 aliphatic carbocycles. The number of hydrogen-bond donors (Lipinski definition) is 1. The zero-order valence-corrected chi connectivity index (χ0v) is 22.3. The molecular weight excluding hydrogens is 503 g/mol. The van der Waals surface area contributed by atoms with Gasteiger partial charge in [0, 0.05) is 33.6 Å². The molecule has 0 fully saturated rings. The van der Waals surface area contributed by atoms with Crippen LogP contribution in [0.1, 0.15) is 37.5 Å². The molecule has 0 unspecified atom stereocenters. The topological polar surface area (TPSA) is 49.4 Å². The van der Waals surface area contributed by atoms with Crippen LogP contribution in [0.2, 0.25) is 15.1 Å². The average Bonchev–Trinajstić information content (AvgIpc) is 2.78. The van der Waals surface area contributed by atoms with E-state index in [2.05, 4.69) is 5.32 Å². The summed E-state index contributed by atoms with van der Waals surface area (Å²) in [6, 6.07) is 21.2. The second-order valence-electron chi connectivity index (χ2n) is 9.51. The molecule has 0 bridgehead atoms. The molecule has 0 saturated carbocycles. The number of nitrogens with one attached hydrogen (secondary N) is 1. The van der Waals surface area contributed by atoms with Gasteiger partial charge in [-0.25, -0.2) is 0 Å². The van der Waals surface area contributed by atoms with Gasteiger partial charge in [0.25, 0.3) is 0 Å². The van der Waals surface area contributed by atoms with E-state index in [9.17, 15) is 9.59 Å². The number of carbonyl (C=O) groups is 2. The first-order valence-electron chi connectivity index (χ1n) is 11.4. The lowest BCUT2D eigenvalue weighted by Gasteiger charge is -2.34. The van der Waals surface area contributed by atoms with Gasteiger partial charge in [-0.3, -0.25) is 9.59 Å². The van der Waals surface area contributed by atoms with E-state index in [-0.39, 0.29) is 24.8 Å². The van der Waals surface area contributed by atoms with Crippen molar-refractivity contribution in [2.75, 3.05) is 0 Å². The van der Waals surface area contributed by atoms with Crippen molar-refractivity contribution in [3.63, 3.8) is 0 Å². The Hall–Kier alpha value is -2.53. The summed E-state index contributed by atoms with van der Waals surface area (Å²) < 4.78 is 0. The van der Waals surface area contributed by atoms with Gasteiger partial charge in [-0.05, 0) is 61.7 Å². The van der Waals surface area contributed by atoms with Crippen LogP contribution in [-0.2, 0) is 29.0 Å². The maximum Gasteiger partial charge on any atom is 0.243 e. The van der Waals surface area contributed by atoms with Crippen LogP contribution in [-0.4, -0.2) is 28.3 Å². The third kappa shape index (κ3) is 8.28. The van der Waals surface area contributed by atoms with Crippen LogP contribution in [0.3, 0.4) is 0 Å². The Labute approximate surface area is 222 Å². The van der Waals surface area contributed by atoms with Gasteiger partial charge in [-0.15, -0.1) is 0 Å². The third-order valence-electron chi connectivity index (χ3n) is 5.39. The zero-order chi connectivity index (χ0) is 25.6. The van der Waals surface area contributed by atoms with Crippen LogP contribution < -0.4 is 5.32 Å². The molecule has 3 aromatic carbocycles. The second kappa shape index (κ2) is 11.9. The summed E-state index contributed by atoms with van der Waals surface area (Å²) in [4.78, 5) is 28.9. The van der Waals surface area contributed by atoms with E-state index in [1.807, 2.05) is 63.2 Å². The van der Waals surface area contributed by atoms with Crippen LogP contribution in [0, 0.1) is 0 Å². The molecule has 0 radical (unpaired) electrons. The molecule has 1 N–H and O–H groups in total. The Morgan fingerprint density at radius 2 is 1.49 bits per heavy atom. The Morgan fingerprint density at radius 3 is 2.09 bits per heavy atom. The number of rotatable bonds is 8. The van der Waals surface area contributed by atoms with E-state index in [0.29, 0.717) is 27.1 Å². The third-order valence-corrected chi connectivity index (χ3v) is 6.23. The van der Waals surface area contributed by atoms with E-state index in [0.717, 1.165) is 11.1 Å². The number of hydrogen-bond acceptors (Lipinski definition) is 2. The first kappa shape index (κ1) is 27.1. The molecule has 0 saturated heterocycles. The molecule has 3 rings (SSSR count). The van der Waals surface area contributed by atoms with E-state index in [1.54, 1.807) is 35.2 Å². The molecule has 3 aromatic rings. The highest BCUT2D eigenvalue weighted by atomic mass is 35.5.